The smallest absolute Gasteiger partial charge is 0.147 e. The minimum Gasteiger partial charge on any atom is -0.229 e. The van der Waals surface area contributed by atoms with Crippen molar-refractivity contribution in [2.45, 2.75) is 32.1 Å². The minimum absolute atomic E-state index is 0.298. The van der Waals surface area contributed by atoms with Gasteiger partial charge in [0.2, 0.25) is 0 Å². The molecule has 0 aliphatic heterocycles. The van der Waals surface area contributed by atoms with Gasteiger partial charge in [-0.2, -0.15) is 0 Å². The Morgan fingerprint density at radius 2 is 2.13 bits per heavy atom. The molecule has 0 radical (unpaired) electrons. The highest BCUT2D eigenvalue weighted by Crippen LogP contribution is 2.58. The second-order valence-corrected chi connectivity index (χ2v) is 8.28. The van der Waals surface area contributed by atoms with Gasteiger partial charge in [-0.25, -0.2) is 8.42 Å². The molecule has 0 heterocycles. The van der Waals surface area contributed by atoms with Crippen molar-refractivity contribution in [3.8, 4) is 0 Å². The highest BCUT2D eigenvalue weighted by atomic mass is 79.9. The Labute approximate surface area is 101 Å². The Morgan fingerprint density at radius 1 is 1.40 bits per heavy atom. The zero-order chi connectivity index (χ0) is 11.1. The first-order valence-electron chi connectivity index (χ1n) is 5.69. The Bertz CT molecular complexity index is 338. The Hall–Kier alpha value is 0.430. The number of alkyl halides is 1. The number of rotatable bonds is 4. The predicted molar refractivity (Wildman–Crippen MR) is 66.0 cm³/mol. The van der Waals surface area contributed by atoms with E-state index in [-0.39, 0.29) is 0 Å². The molecule has 3 unspecified atom stereocenters. The van der Waals surface area contributed by atoms with Crippen molar-refractivity contribution in [1.29, 1.82) is 0 Å². The first-order valence-corrected chi connectivity index (χ1v) is 8.87. The molecule has 0 N–H and O–H groups in total. The van der Waals surface area contributed by atoms with Gasteiger partial charge in [0, 0.05) is 11.6 Å². The molecule has 2 bridgehead atoms. The Kier molecular flexibility index (Phi) is 3.19. The molecule has 0 aromatic rings. The summed E-state index contributed by atoms with van der Waals surface area (Å²) >= 11 is 3.61. The predicted octanol–water partition coefficient (Wildman–Crippen LogP) is 2.62. The van der Waals surface area contributed by atoms with Crippen LogP contribution in [0.3, 0.4) is 0 Å². The lowest BCUT2D eigenvalue weighted by atomic mass is 9.73. The van der Waals surface area contributed by atoms with E-state index in [0.29, 0.717) is 11.2 Å². The lowest BCUT2D eigenvalue weighted by Gasteiger charge is -2.36. The van der Waals surface area contributed by atoms with Gasteiger partial charge in [0.1, 0.15) is 9.84 Å². The molecule has 15 heavy (non-hydrogen) atoms. The second kappa shape index (κ2) is 4.02. The third kappa shape index (κ3) is 2.41. The van der Waals surface area contributed by atoms with E-state index >= 15 is 0 Å². The van der Waals surface area contributed by atoms with E-state index in [1.54, 1.807) is 0 Å². The van der Waals surface area contributed by atoms with Gasteiger partial charge in [-0.1, -0.05) is 22.4 Å². The molecule has 2 fully saturated rings. The van der Waals surface area contributed by atoms with Gasteiger partial charge in [-0.15, -0.1) is 0 Å². The van der Waals surface area contributed by atoms with Crippen LogP contribution in [0.1, 0.15) is 32.1 Å². The molecule has 2 rings (SSSR count). The molecule has 0 amide bonds. The van der Waals surface area contributed by atoms with Gasteiger partial charge in [-0.05, 0) is 42.9 Å². The number of hydrogen-bond acceptors (Lipinski definition) is 2. The molecule has 2 aliphatic carbocycles. The minimum atomic E-state index is -2.80. The zero-order valence-electron chi connectivity index (χ0n) is 9.21. The van der Waals surface area contributed by atoms with Crippen LogP contribution in [-0.2, 0) is 9.84 Å². The molecule has 0 spiro atoms. The topological polar surface area (TPSA) is 34.1 Å². The van der Waals surface area contributed by atoms with Gasteiger partial charge in [0.25, 0.3) is 0 Å². The van der Waals surface area contributed by atoms with Crippen molar-refractivity contribution in [3.05, 3.63) is 0 Å². The quantitative estimate of drug-likeness (QED) is 0.747. The van der Waals surface area contributed by atoms with Gasteiger partial charge >= 0.3 is 0 Å². The zero-order valence-corrected chi connectivity index (χ0v) is 11.6. The van der Waals surface area contributed by atoms with Crippen LogP contribution < -0.4 is 0 Å². The lowest BCUT2D eigenvalue weighted by molar-refractivity contribution is 0.191. The van der Waals surface area contributed by atoms with Crippen LogP contribution in [0, 0.1) is 17.3 Å². The van der Waals surface area contributed by atoms with E-state index in [0.717, 1.165) is 23.6 Å². The number of fused-ring (bicyclic) bond motifs is 2. The summed E-state index contributed by atoms with van der Waals surface area (Å²) in [6.45, 7) is 0. The van der Waals surface area contributed by atoms with Crippen LogP contribution in [0.15, 0.2) is 0 Å². The van der Waals surface area contributed by atoms with Gasteiger partial charge in [0.05, 0.1) is 5.75 Å². The fourth-order valence-corrected chi connectivity index (χ4v) is 5.23. The summed E-state index contributed by atoms with van der Waals surface area (Å²) in [7, 11) is -2.80. The third-order valence-electron chi connectivity index (χ3n) is 4.34. The first kappa shape index (κ1) is 11.9. The normalized spacial score (nSPS) is 39.9. The van der Waals surface area contributed by atoms with E-state index in [9.17, 15) is 8.42 Å². The van der Waals surface area contributed by atoms with Crippen LogP contribution >= 0.6 is 15.9 Å². The summed E-state index contributed by atoms with van der Waals surface area (Å²) in [6.07, 6.45) is 7.49. The largest absolute Gasteiger partial charge is 0.229 e. The monoisotopic (exact) mass is 294 g/mol. The number of hydrogen-bond donors (Lipinski definition) is 0. The van der Waals surface area contributed by atoms with Crippen molar-refractivity contribution in [3.63, 3.8) is 0 Å². The SMILES string of the molecule is CS(=O)(=O)CCC1(CBr)CC2CCC1C2. The van der Waals surface area contributed by atoms with Crippen LogP contribution in [0.25, 0.3) is 0 Å². The van der Waals surface area contributed by atoms with Crippen LogP contribution in [-0.4, -0.2) is 25.8 Å². The van der Waals surface area contributed by atoms with Crippen LogP contribution in [0.5, 0.6) is 0 Å². The molecule has 4 heteroatoms. The summed E-state index contributed by atoms with van der Waals surface area (Å²) in [6, 6.07) is 0. The van der Waals surface area contributed by atoms with Crippen LogP contribution in [0.4, 0.5) is 0 Å². The van der Waals surface area contributed by atoms with Crippen molar-refractivity contribution < 1.29 is 8.42 Å². The van der Waals surface area contributed by atoms with Crippen molar-refractivity contribution >= 4 is 25.8 Å². The summed E-state index contributed by atoms with van der Waals surface area (Å²) in [4.78, 5) is 0. The Morgan fingerprint density at radius 3 is 2.53 bits per heavy atom. The summed E-state index contributed by atoms with van der Waals surface area (Å²) < 4.78 is 22.5. The van der Waals surface area contributed by atoms with Gasteiger partial charge in [0.15, 0.2) is 0 Å². The van der Waals surface area contributed by atoms with Crippen molar-refractivity contribution in [2.75, 3.05) is 17.3 Å². The second-order valence-electron chi connectivity index (χ2n) is 5.46. The van der Waals surface area contributed by atoms with E-state index in [1.165, 1.54) is 31.9 Å². The summed E-state index contributed by atoms with van der Waals surface area (Å²) in [5, 5.41) is 0.983. The summed E-state index contributed by atoms with van der Waals surface area (Å²) in [5.41, 5.74) is 0.298. The molecule has 0 saturated heterocycles. The number of sulfone groups is 1. The van der Waals surface area contributed by atoms with E-state index in [1.807, 2.05) is 0 Å². The lowest BCUT2D eigenvalue weighted by Crippen LogP contribution is -2.31. The Balaban J connectivity index is 2.04. The molecule has 2 nitrogen and oxygen atoms in total. The van der Waals surface area contributed by atoms with E-state index in [2.05, 4.69) is 15.9 Å². The molecular weight excluding hydrogens is 276 g/mol. The first-order chi connectivity index (χ1) is 6.95. The van der Waals surface area contributed by atoms with Gasteiger partial charge < -0.3 is 0 Å². The molecule has 0 aromatic heterocycles. The van der Waals surface area contributed by atoms with Gasteiger partial charge in [-0.3, -0.25) is 0 Å². The van der Waals surface area contributed by atoms with Crippen molar-refractivity contribution in [2.24, 2.45) is 17.3 Å². The average Bonchev–Trinajstić information content (AvgIpc) is 2.73. The maximum absolute atomic E-state index is 11.2. The van der Waals surface area contributed by atoms with Crippen molar-refractivity contribution in [1.82, 2.24) is 0 Å². The number of halogens is 1. The molecular formula is C11H19BrO2S. The fraction of sp³-hybridized carbons (Fsp3) is 1.00. The summed E-state index contributed by atoms with van der Waals surface area (Å²) in [5.74, 6) is 2.03. The molecule has 3 atom stereocenters. The molecule has 2 saturated carbocycles. The highest BCUT2D eigenvalue weighted by Gasteiger charge is 2.49. The third-order valence-corrected chi connectivity index (χ3v) is 6.40. The fourth-order valence-electron chi connectivity index (χ4n) is 3.48. The average molecular weight is 295 g/mol. The molecule has 0 aromatic carbocycles. The maximum Gasteiger partial charge on any atom is 0.147 e. The highest BCUT2D eigenvalue weighted by molar-refractivity contribution is 9.09. The molecule has 2 aliphatic rings. The standard InChI is InChI=1S/C11H19BrO2S/c1-15(13,14)5-4-11(8-12)7-9-2-3-10(11)6-9/h9-10H,2-8H2,1H3. The molecule has 88 valence electrons. The maximum atomic E-state index is 11.2. The van der Waals surface area contributed by atoms with E-state index in [4.69, 9.17) is 0 Å². The van der Waals surface area contributed by atoms with Crippen LogP contribution in [0.2, 0.25) is 0 Å². The van der Waals surface area contributed by atoms with E-state index < -0.39 is 9.84 Å².